The van der Waals surface area contributed by atoms with Crippen molar-refractivity contribution in [2.45, 2.75) is 4.90 Å². The van der Waals surface area contributed by atoms with E-state index < -0.39 is 5.97 Å². The molecule has 0 spiro atoms. The number of benzene rings is 1. The van der Waals surface area contributed by atoms with Crippen molar-refractivity contribution in [3.8, 4) is 17.1 Å². The Morgan fingerprint density at radius 2 is 2.29 bits per heavy atom. The van der Waals surface area contributed by atoms with Gasteiger partial charge >= 0.3 is 5.97 Å². The minimum absolute atomic E-state index is 0.0931. The van der Waals surface area contributed by atoms with E-state index in [9.17, 15) is 4.79 Å². The Bertz CT molecular complexity index is 593. The molecule has 17 heavy (non-hydrogen) atoms. The highest BCUT2D eigenvalue weighted by molar-refractivity contribution is 7.99. The molecule has 0 amide bonds. The molecule has 2 heterocycles. The molecule has 86 valence electrons. The number of rotatable bonds is 2. The molecule has 5 nitrogen and oxygen atoms in total. The number of hydrogen-bond donors (Lipinski definition) is 1. The van der Waals surface area contributed by atoms with Gasteiger partial charge in [0.1, 0.15) is 11.7 Å². The Hall–Kier alpha value is -1.95. The van der Waals surface area contributed by atoms with Crippen molar-refractivity contribution in [2.75, 3.05) is 5.94 Å². The van der Waals surface area contributed by atoms with Crippen molar-refractivity contribution in [1.29, 1.82) is 0 Å². The van der Waals surface area contributed by atoms with E-state index in [0.29, 0.717) is 11.7 Å². The van der Waals surface area contributed by atoms with Crippen LogP contribution in [-0.2, 0) is 0 Å². The number of carboxylic acid groups (broad SMARTS) is 1. The maximum atomic E-state index is 10.7. The first-order valence-corrected chi connectivity index (χ1v) is 5.82. The molecule has 0 unspecified atom stereocenters. The van der Waals surface area contributed by atoms with E-state index in [1.165, 1.54) is 6.07 Å². The van der Waals surface area contributed by atoms with Gasteiger partial charge in [-0.05, 0) is 18.2 Å². The lowest BCUT2D eigenvalue weighted by Gasteiger charge is -1.99. The van der Waals surface area contributed by atoms with Gasteiger partial charge in [0.05, 0.1) is 4.90 Å². The van der Waals surface area contributed by atoms with Gasteiger partial charge in [0.15, 0.2) is 11.5 Å². The van der Waals surface area contributed by atoms with Crippen LogP contribution in [0.15, 0.2) is 33.7 Å². The molecule has 0 saturated heterocycles. The number of thioether (sulfide) groups is 1. The highest BCUT2D eigenvalue weighted by Crippen LogP contribution is 2.38. The van der Waals surface area contributed by atoms with Crippen molar-refractivity contribution < 1.29 is 19.2 Å². The molecule has 0 bridgehead atoms. The Morgan fingerprint density at radius 1 is 1.41 bits per heavy atom. The van der Waals surface area contributed by atoms with Gasteiger partial charge in [-0.1, -0.05) is 16.9 Å². The normalized spacial score (nSPS) is 13.2. The zero-order valence-corrected chi connectivity index (χ0v) is 9.36. The summed E-state index contributed by atoms with van der Waals surface area (Å²) in [5.41, 5.74) is 0.700. The Kier molecular flexibility index (Phi) is 2.29. The highest BCUT2D eigenvalue weighted by atomic mass is 32.2. The molecule has 1 aromatic heterocycles. The Morgan fingerprint density at radius 3 is 3.06 bits per heavy atom. The maximum Gasteiger partial charge on any atom is 0.358 e. The van der Waals surface area contributed by atoms with Gasteiger partial charge in [-0.25, -0.2) is 4.79 Å². The van der Waals surface area contributed by atoms with E-state index in [4.69, 9.17) is 14.4 Å². The largest absolute Gasteiger partial charge is 0.481 e. The number of fused-ring (bicyclic) bond motifs is 1. The van der Waals surface area contributed by atoms with Crippen LogP contribution < -0.4 is 4.74 Å². The van der Waals surface area contributed by atoms with Crippen LogP contribution in [-0.4, -0.2) is 22.2 Å². The lowest BCUT2D eigenvalue weighted by Crippen LogP contribution is -1.94. The summed E-state index contributed by atoms with van der Waals surface area (Å²) >= 11 is 1.59. The number of hydrogen-bond acceptors (Lipinski definition) is 5. The molecular weight excluding hydrogens is 242 g/mol. The Balaban J connectivity index is 2.00. The molecule has 1 aliphatic heterocycles. The second kappa shape index (κ2) is 3.81. The maximum absolute atomic E-state index is 10.7. The van der Waals surface area contributed by atoms with Gasteiger partial charge in [-0.2, -0.15) is 0 Å². The van der Waals surface area contributed by atoms with E-state index in [1.54, 1.807) is 11.8 Å². The third-order valence-corrected chi connectivity index (χ3v) is 3.25. The van der Waals surface area contributed by atoms with Crippen molar-refractivity contribution in [1.82, 2.24) is 5.16 Å². The summed E-state index contributed by atoms with van der Waals surface area (Å²) in [7, 11) is 0. The fourth-order valence-electron chi connectivity index (χ4n) is 1.56. The summed E-state index contributed by atoms with van der Waals surface area (Å²) in [6.45, 7) is 0. The fourth-order valence-corrected chi connectivity index (χ4v) is 2.35. The Labute approximate surface area is 100 Å². The smallest absolute Gasteiger partial charge is 0.358 e. The summed E-state index contributed by atoms with van der Waals surface area (Å²) in [5, 5.41) is 12.2. The quantitative estimate of drug-likeness (QED) is 0.881. The van der Waals surface area contributed by atoms with Gasteiger partial charge < -0.3 is 14.4 Å². The van der Waals surface area contributed by atoms with E-state index in [-0.39, 0.29) is 5.69 Å². The van der Waals surface area contributed by atoms with Gasteiger partial charge in [0, 0.05) is 11.6 Å². The van der Waals surface area contributed by atoms with E-state index >= 15 is 0 Å². The molecule has 3 rings (SSSR count). The second-order valence-corrected chi connectivity index (χ2v) is 4.41. The first-order chi connectivity index (χ1) is 8.24. The molecular formula is C11H7NO4S. The molecule has 0 radical (unpaired) electrons. The predicted molar refractivity (Wildman–Crippen MR) is 60.3 cm³/mol. The zero-order valence-electron chi connectivity index (χ0n) is 8.54. The first kappa shape index (κ1) is 10.2. The number of aromatic nitrogens is 1. The molecule has 1 N–H and O–H groups in total. The van der Waals surface area contributed by atoms with Crippen molar-refractivity contribution >= 4 is 17.7 Å². The van der Waals surface area contributed by atoms with Crippen molar-refractivity contribution in [2.24, 2.45) is 0 Å². The van der Waals surface area contributed by atoms with Crippen LogP contribution in [0.2, 0.25) is 0 Å². The number of nitrogens with zero attached hydrogens (tertiary/aromatic N) is 1. The van der Waals surface area contributed by atoms with Crippen LogP contribution in [0, 0.1) is 0 Å². The van der Waals surface area contributed by atoms with Crippen LogP contribution in [0.25, 0.3) is 11.3 Å². The van der Waals surface area contributed by atoms with Crippen LogP contribution in [0.4, 0.5) is 0 Å². The average Bonchev–Trinajstić information content (AvgIpc) is 2.97. The number of carboxylic acids is 1. The molecule has 0 saturated carbocycles. The van der Waals surface area contributed by atoms with Gasteiger partial charge in [0.25, 0.3) is 0 Å². The van der Waals surface area contributed by atoms with Gasteiger partial charge in [-0.3, -0.25) is 0 Å². The third-order valence-electron chi connectivity index (χ3n) is 2.39. The molecule has 0 fully saturated rings. The monoisotopic (exact) mass is 249 g/mol. The summed E-state index contributed by atoms with van der Waals surface area (Å²) in [6.07, 6.45) is 0. The summed E-state index contributed by atoms with van der Waals surface area (Å²) in [5.74, 6) is 0.795. The van der Waals surface area contributed by atoms with Crippen molar-refractivity contribution in [3.05, 3.63) is 30.0 Å². The third kappa shape index (κ3) is 1.76. The molecule has 2 aromatic rings. The van der Waals surface area contributed by atoms with Gasteiger partial charge in [-0.15, -0.1) is 0 Å². The van der Waals surface area contributed by atoms with Crippen LogP contribution in [0.1, 0.15) is 10.5 Å². The zero-order chi connectivity index (χ0) is 11.8. The lowest BCUT2D eigenvalue weighted by atomic mass is 10.1. The molecule has 6 heteroatoms. The second-order valence-electron chi connectivity index (χ2n) is 3.45. The lowest BCUT2D eigenvalue weighted by molar-refractivity contribution is 0.0686. The van der Waals surface area contributed by atoms with Crippen LogP contribution in [0.5, 0.6) is 5.75 Å². The summed E-state index contributed by atoms with van der Waals surface area (Å²) < 4.78 is 10.3. The minimum Gasteiger partial charge on any atom is -0.481 e. The van der Waals surface area contributed by atoms with Crippen LogP contribution >= 0.6 is 11.8 Å². The molecule has 1 aromatic carbocycles. The number of carbonyl (C=O) groups is 1. The molecule has 0 aliphatic carbocycles. The molecule has 0 atom stereocenters. The number of aromatic carboxylic acids is 1. The number of ether oxygens (including phenoxy) is 1. The minimum atomic E-state index is -1.10. The van der Waals surface area contributed by atoms with Gasteiger partial charge in [0.2, 0.25) is 0 Å². The predicted octanol–water partition coefficient (Wildman–Crippen LogP) is 2.48. The first-order valence-electron chi connectivity index (χ1n) is 4.84. The van der Waals surface area contributed by atoms with E-state index in [2.05, 4.69) is 5.16 Å². The summed E-state index contributed by atoms with van der Waals surface area (Å²) in [4.78, 5) is 11.7. The SMILES string of the molecule is O=C(O)c1cc(-c2ccc3c(c2)SCO3)on1. The standard InChI is InChI=1S/C11H7NO4S/c13-11(14)7-4-9(16-12-7)6-1-2-8-10(3-6)17-5-15-8/h1-4H,5H2,(H,13,14). The topological polar surface area (TPSA) is 72.6 Å². The van der Waals surface area contributed by atoms with Crippen LogP contribution in [0.3, 0.4) is 0 Å². The molecule has 1 aliphatic rings. The van der Waals surface area contributed by atoms with E-state index in [1.807, 2.05) is 18.2 Å². The van der Waals surface area contributed by atoms with E-state index in [0.717, 1.165) is 16.2 Å². The average molecular weight is 249 g/mol. The highest BCUT2D eigenvalue weighted by Gasteiger charge is 2.16. The fraction of sp³-hybridized carbons (Fsp3) is 0.0909. The summed E-state index contributed by atoms with van der Waals surface area (Å²) in [6, 6.07) is 6.97. The van der Waals surface area contributed by atoms with Crippen molar-refractivity contribution in [3.63, 3.8) is 0 Å².